The van der Waals surface area contributed by atoms with Crippen molar-refractivity contribution >= 4 is 5.91 Å². The summed E-state index contributed by atoms with van der Waals surface area (Å²) in [5, 5.41) is 3.21. The predicted molar refractivity (Wildman–Crippen MR) is 81.2 cm³/mol. The number of rotatable bonds is 6. The van der Waals surface area contributed by atoms with E-state index in [0.717, 1.165) is 45.0 Å². The van der Waals surface area contributed by atoms with Gasteiger partial charge in [0.25, 0.3) is 5.91 Å². The monoisotopic (exact) mass is 292 g/mol. The summed E-state index contributed by atoms with van der Waals surface area (Å²) < 4.78 is 5.52. The normalized spacial score (nSPS) is 16.0. The van der Waals surface area contributed by atoms with Crippen molar-refractivity contribution in [3.8, 4) is 5.75 Å². The number of carbonyl (C=O) groups excluding carboxylic acids is 1. The fourth-order valence-electron chi connectivity index (χ4n) is 2.15. The second-order valence-electron chi connectivity index (χ2n) is 5.24. The first-order valence-corrected chi connectivity index (χ1v) is 7.44. The molecule has 0 atom stereocenters. The number of ether oxygens (including phenoxy) is 1. The van der Waals surface area contributed by atoms with Crippen LogP contribution in [0.4, 0.5) is 0 Å². The standard InChI is InChI=1S/C15H24N4O2/c1-3-16-10-13-4-5-14(11-17-13)21-12-15(20)19-8-6-18(2)7-9-19/h4-5,11,16H,3,6-10,12H2,1-2H3. The Bertz CT molecular complexity index is 441. The third-order valence-electron chi connectivity index (χ3n) is 3.57. The molecular weight excluding hydrogens is 268 g/mol. The average Bonchev–Trinajstić information content (AvgIpc) is 2.52. The zero-order valence-corrected chi connectivity index (χ0v) is 12.8. The summed E-state index contributed by atoms with van der Waals surface area (Å²) in [4.78, 5) is 20.4. The second kappa shape index (κ2) is 7.95. The maximum Gasteiger partial charge on any atom is 0.260 e. The number of piperazine rings is 1. The molecule has 1 N–H and O–H groups in total. The van der Waals surface area contributed by atoms with Crippen LogP contribution in [0.25, 0.3) is 0 Å². The van der Waals surface area contributed by atoms with E-state index in [1.54, 1.807) is 6.20 Å². The molecule has 1 amide bonds. The molecule has 6 heteroatoms. The summed E-state index contributed by atoms with van der Waals surface area (Å²) in [6.07, 6.45) is 1.67. The number of amides is 1. The van der Waals surface area contributed by atoms with Crippen molar-refractivity contribution in [2.75, 3.05) is 46.4 Å². The van der Waals surface area contributed by atoms with Gasteiger partial charge < -0.3 is 19.9 Å². The SMILES string of the molecule is CCNCc1ccc(OCC(=O)N2CCN(C)CC2)cn1. The van der Waals surface area contributed by atoms with Gasteiger partial charge in [-0.15, -0.1) is 0 Å². The molecular formula is C15H24N4O2. The Morgan fingerprint density at radius 2 is 2.10 bits per heavy atom. The quantitative estimate of drug-likeness (QED) is 0.819. The van der Waals surface area contributed by atoms with Crippen molar-refractivity contribution in [3.05, 3.63) is 24.0 Å². The van der Waals surface area contributed by atoms with Crippen LogP contribution < -0.4 is 10.1 Å². The first-order chi connectivity index (χ1) is 10.2. The van der Waals surface area contributed by atoms with Gasteiger partial charge in [-0.05, 0) is 25.7 Å². The van der Waals surface area contributed by atoms with Crippen molar-refractivity contribution in [1.29, 1.82) is 0 Å². The molecule has 2 rings (SSSR count). The van der Waals surface area contributed by atoms with Crippen LogP contribution >= 0.6 is 0 Å². The molecule has 2 heterocycles. The zero-order chi connectivity index (χ0) is 15.1. The van der Waals surface area contributed by atoms with Crippen LogP contribution in [0.5, 0.6) is 5.75 Å². The number of hydrogen-bond donors (Lipinski definition) is 1. The van der Waals surface area contributed by atoms with Crippen molar-refractivity contribution < 1.29 is 9.53 Å². The highest BCUT2D eigenvalue weighted by Crippen LogP contribution is 2.09. The smallest absolute Gasteiger partial charge is 0.260 e. The Balaban J connectivity index is 1.75. The minimum absolute atomic E-state index is 0.0415. The Morgan fingerprint density at radius 3 is 2.71 bits per heavy atom. The molecule has 1 saturated heterocycles. The maximum atomic E-state index is 12.0. The number of hydrogen-bond acceptors (Lipinski definition) is 5. The molecule has 1 aromatic heterocycles. The molecule has 0 spiro atoms. The molecule has 1 aliphatic heterocycles. The number of carbonyl (C=O) groups is 1. The maximum absolute atomic E-state index is 12.0. The second-order valence-corrected chi connectivity index (χ2v) is 5.24. The Labute approximate surface area is 126 Å². The molecule has 21 heavy (non-hydrogen) atoms. The van der Waals surface area contributed by atoms with Crippen molar-refractivity contribution in [2.24, 2.45) is 0 Å². The highest BCUT2D eigenvalue weighted by molar-refractivity contribution is 5.77. The first-order valence-electron chi connectivity index (χ1n) is 7.44. The minimum atomic E-state index is 0.0415. The molecule has 0 bridgehead atoms. The molecule has 0 unspecified atom stereocenters. The summed E-state index contributed by atoms with van der Waals surface area (Å²) in [5.74, 6) is 0.678. The van der Waals surface area contributed by atoms with E-state index in [1.165, 1.54) is 0 Å². The van der Waals surface area contributed by atoms with E-state index in [-0.39, 0.29) is 12.5 Å². The fraction of sp³-hybridized carbons (Fsp3) is 0.600. The number of pyridine rings is 1. The molecule has 116 valence electrons. The zero-order valence-electron chi connectivity index (χ0n) is 12.8. The van der Waals surface area contributed by atoms with Crippen LogP contribution in [-0.4, -0.2) is 67.1 Å². The van der Waals surface area contributed by atoms with E-state index >= 15 is 0 Å². The number of nitrogens with one attached hydrogen (secondary N) is 1. The van der Waals surface area contributed by atoms with Crippen molar-refractivity contribution in [3.63, 3.8) is 0 Å². The van der Waals surface area contributed by atoms with Gasteiger partial charge in [0.1, 0.15) is 5.75 Å². The molecule has 0 aromatic carbocycles. The summed E-state index contributed by atoms with van der Waals surface area (Å²) >= 11 is 0. The molecule has 1 aliphatic rings. The molecule has 1 fully saturated rings. The number of nitrogens with zero attached hydrogens (tertiary/aromatic N) is 3. The largest absolute Gasteiger partial charge is 0.482 e. The van der Waals surface area contributed by atoms with Gasteiger partial charge in [0.05, 0.1) is 11.9 Å². The van der Waals surface area contributed by atoms with E-state index in [9.17, 15) is 4.79 Å². The number of aromatic nitrogens is 1. The Hall–Kier alpha value is -1.66. The first kappa shape index (κ1) is 15.7. The third kappa shape index (κ3) is 4.99. The summed E-state index contributed by atoms with van der Waals surface area (Å²) in [6.45, 7) is 7.20. The van der Waals surface area contributed by atoms with Crippen molar-refractivity contribution in [1.82, 2.24) is 20.1 Å². The molecule has 0 radical (unpaired) electrons. The lowest BCUT2D eigenvalue weighted by Gasteiger charge is -2.32. The van der Waals surface area contributed by atoms with Crippen LogP contribution in [0.3, 0.4) is 0 Å². The van der Waals surface area contributed by atoms with E-state index in [2.05, 4.69) is 29.2 Å². The lowest BCUT2D eigenvalue weighted by molar-refractivity contribution is -0.134. The number of likely N-dealkylation sites (N-methyl/N-ethyl adjacent to an activating group) is 1. The van der Waals surface area contributed by atoms with Gasteiger partial charge in [0.15, 0.2) is 6.61 Å². The molecule has 0 saturated carbocycles. The summed E-state index contributed by atoms with van der Waals surface area (Å²) in [6, 6.07) is 3.77. The predicted octanol–water partition coefficient (Wildman–Crippen LogP) is 0.344. The summed E-state index contributed by atoms with van der Waals surface area (Å²) in [7, 11) is 2.07. The van der Waals surface area contributed by atoms with Gasteiger partial charge in [-0.25, -0.2) is 0 Å². The van der Waals surface area contributed by atoms with E-state index < -0.39 is 0 Å². The lowest BCUT2D eigenvalue weighted by Crippen LogP contribution is -2.48. The molecule has 1 aromatic rings. The van der Waals surface area contributed by atoms with E-state index in [0.29, 0.717) is 5.75 Å². The van der Waals surface area contributed by atoms with Crippen LogP contribution in [0, 0.1) is 0 Å². The van der Waals surface area contributed by atoms with E-state index in [4.69, 9.17) is 4.74 Å². The molecule has 0 aliphatic carbocycles. The Kier molecular flexibility index (Phi) is 5.95. The minimum Gasteiger partial charge on any atom is -0.482 e. The van der Waals surface area contributed by atoms with E-state index in [1.807, 2.05) is 17.0 Å². The van der Waals surface area contributed by atoms with Gasteiger partial charge >= 0.3 is 0 Å². The van der Waals surface area contributed by atoms with Crippen LogP contribution in [-0.2, 0) is 11.3 Å². The highest BCUT2D eigenvalue weighted by atomic mass is 16.5. The Morgan fingerprint density at radius 1 is 1.33 bits per heavy atom. The average molecular weight is 292 g/mol. The van der Waals surface area contributed by atoms with Gasteiger partial charge in [-0.3, -0.25) is 9.78 Å². The van der Waals surface area contributed by atoms with Gasteiger partial charge in [0.2, 0.25) is 0 Å². The fourth-order valence-corrected chi connectivity index (χ4v) is 2.15. The third-order valence-corrected chi connectivity index (χ3v) is 3.57. The molecule has 6 nitrogen and oxygen atoms in total. The van der Waals surface area contributed by atoms with Crippen LogP contribution in [0.1, 0.15) is 12.6 Å². The summed E-state index contributed by atoms with van der Waals surface area (Å²) in [5.41, 5.74) is 0.967. The van der Waals surface area contributed by atoms with Crippen LogP contribution in [0.2, 0.25) is 0 Å². The van der Waals surface area contributed by atoms with Gasteiger partial charge in [-0.2, -0.15) is 0 Å². The van der Waals surface area contributed by atoms with Gasteiger partial charge in [0, 0.05) is 32.7 Å². The lowest BCUT2D eigenvalue weighted by atomic mass is 10.3. The van der Waals surface area contributed by atoms with Crippen LogP contribution in [0.15, 0.2) is 18.3 Å². The topological polar surface area (TPSA) is 57.7 Å². The highest BCUT2D eigenvalue weighted by Gasteiger charge is 2.19. The van der Waals surface area contributed by atoms with Crippen molar-refractivity contribution in [2.45, 2.75) is 13.5 Å². The van der Waals surface area contributed by atoms with Gasteiger partial charge in [-0.1, -0.05) is 6.92 Å².